The average molecular weight is 544 g/mol. The van der Waals surface area contributed by atoms with Crippen molar-refractivity contribution in [2.75, 3.05) is 24.2 Å². The Labute approximate surface area is 227 Å². The number of amides is 1. The fraction of sp³-hybridized carbons (Fsp3) is 0.310. The summed E-state index contributed by atoms with van der Waals surface area (Å²) in [6, 6.07) is 16.4. The minimum absolute atomic E-state index is 0.148. The van der Waals surface area contributed by atoms with E-state index in [4.69, 9.17) is 14.7 Å². The molecule has 200 valence electrons. The summed E-state index contributed by atoms with van der Waals surface area (Å²) in [5, 5.41) is 3.71. The van der Waals surface area contributed by atoms with Gasteiger partial charge in [-0.3, -0.25) is 9.78 Å². The van der Waals surface area contributed by atoms with Crippen LogP contribution in [0.15, 0.2) is 65.7 Å². The fourth-order valence-corrected chi connectivity index (χ4v) is 6.25. The summed E-state index contributed by atoms with van der Waals surface area (Å²) < 4.78 is 30.0. The number of pyridine rings is 3. The third-order valence-corrected chi connectivity index (χ3v) is 8.51. The van der Waals surface area contributed by atoms with Gasteiger partial charge in [0, 0.05) is 36.5 Å². The average Bonchev–Trinajstić information content (AvgIpc) is 3.27. The highest BCUT2D eigenvalue weighted by molar-refractivity contribution is 7.90. The van der Waals surface area contributed by atoms with Gasteiger partial charge in [-0.25, -0.2) is 18.4 Å². The Balaban J connectivity index is 1.20. The number of hydrogen-bond donors (Lipinski definition) is 1. The maximum atomic E-state index is 12.7. The van der Waals surface area contributed by atoms with E-state index < -0.39 is 9.84 Å². The van der Waals surface area contributed by atoms with Crippen LogP contribution in [0.4, 0.5) is 5.82 Å². The van der Waals surface area contributed by atoms with Gasteiger partial charge in [-0.2, -0.15) is 0 Å². The number of benzene rings is 1. The van der Waals surface area contributed by atoms with Gasteiger partial charge in [-0.05, 0) is 67.8 Å². The van der Waals surface area contributed by atoms with E-state index in [0.717, 1.165) is 60.3 Å². The molecule has 39 heavy (non-hydrogen) atoms. The Morgan fingerprint density at radius 1 is 1.03 bits per heavy atom. The molecule has 2 saturated heterocycles. The first-order chi connectivity index (χ1) is 18.7. The van der Waals surface area contributed by atoms with Crippen molar-refractivity contribution in [1.82, 2.24) is 20.3 Å². The zero-order valence-electron chi connectivity index (χ0n) is 21.8. The Bertz CT molecular complexity index is 1680. The minimum Gasteiger partial charge on any atom is -0.371 e. The van der Waals surface area contributed by atoms with Gasteiger partial charge in [0.25, 0.3) is 5.91 Å². The van der Waals surface area contributed by atoms with Crippen molar-refractivity contribution >= 4 is 32.5 Å². The van der Waals surface area contributed by atoms with E-state index in [9.17, 15) is 13.2 Å². The zero-order valence-corrected chi connectivity index (χ0v) is 22.6. The van der Waals surface area contributed by atoms with E-state index in [0.29, 0.717) is 11.3 Å². The van der Waals surface area contributed by atoms with Crippen molar-refractivity contribution in [3.63, 3.8) is 0 Å². The monoisotopic (exact) mass is 543 g/mol. The van der Waals surface area contributed by atoms with Crippen molar-refractivity contribution in [1.29, 1.82) is 0 Å². The van der Waals surface area contributed by atoms with Gasteiger partial charge in [-0.1, -0.05) is 12.1 Å². The molecule has 2 aliphatic rings. The van der Waals surface area contributed by atoms with Crippen LogP contribution in [0, 0.1) is 6.92 Å². The molecule has 0 radical (unpaired) electrons. The molecule has 4 aromatic rings. The SMILES string of the molecule is Cc1ccc(C(=O)NCc2cc3nc(-c4cccc(N5CC6CCC(C5)O6)n4)ccc3cn2)cc1S(C)(=O)=O. The third kappa shape index (κ3) is 5.35. The lowest BCUT2D eigenvalue weighted by Gasteiger charge is -2.33. The quantitative estimate of drug-likeness (QED) is 0.392. The van der Waals surface area contributed by atoms with Crippen LogP contribution in [0.25, 0.3) is 22.3 Å². The van der Waals surface area contributed by atoms with Crippen LogP contribution in [0.1, 0.15) is 34.5 Å². The highest BCUT2D eigenvalue weighted by Crippen LogP contribution is 2.30. The van der Waals surface area contributed by atoms with Crippen LogP contribution in [0.2, 0.25) is 0 Å². The molecule has 2 fully saturated rings. The zero-order chi connectivity index (χ0) is 27.1. The number of carbonyl (C=O) groups is 1. The molecule has 2 unspecified atom stereocenters. The van der Waals surface area contributed by atoms with Crippen LogP contribution in [0.3, 0.4) is 0 Å². The van der Waals surface area contributed by atoms with Crippen molar-refractivity contribution in [3.05, 3.63) is 77.6 Å². The largest absolute Gasteiger partial charge is 0.371 e. The minimum atomic E-state index is -3.43. The van der Waals surface area contributed by atoms with Crippen molar-refractivity contribution in [2.45, 2.75) is 43.4 Å². The number of sulfone groups is 1. The van der Waals surface area contributed by atoms with Gasteiger partial charge in [0.1, 0.15) is 5.82 Å². The van der Waals surface area contributed by atoms with Gasteiger partial charge in [-0.15, -0.1) is 0 Å². The molecule has 1 N–H and O–H groups in total. The number of carbonyl (C=O) groups excluding carboxylic acids is 1. The molecule has 5 heterocycles. The molecule has 3 aromatic heterocycles. The number of anilines is 1. The summed E-state index contributed by atoms with van der Waals surface area (Å²) in [6.45, 7) is 3.60. The van der Waals surface area contributed by atoms with Gasteiger partial charge < -0.3 is 15.0 Å². The second-order valence-corrected chi connectivity index (χ2v) is 12.2. The molecule has 6 rings (SSSR count). The van der Waals surface area contributed by atoms with E-state index in [-0.39, 0.29) is 35.1 Å². The van der Waals surface area contributed by atoms with E-state index >= 15 is 0 Å². The van der Waals surface area contributed by atoms with Crippen LogP contribution < -0.4 is 10.2 Å². The molecular formula is C29H29N5O4S. The van der Waals surface area contributed by atoms with Gasteiger partial charge in [0.15, 0.2) is 9.84 Å². The van der Waals surface area contributed by atoms with E-state index in [1.165, 1.54) is 6.07 Å². The Morgan fingerprint density at radius 3 is 2.56 bits per heavy atom. The number of rotatable bonds is 6. The summed E-state index contributed by atoms with van der Waals surface area (Å²) in [6.07, 6.45) is 5.65. The summed E-state index contributed by atoms with van der Waals surface area (Å²) >= 11 is 0. The topological polar surface area (TPSA) is 114 Å². The molecule has 2 atom stereocenters. The Hall–Kier alpha value is -3.89. The van der Waals surface area contributed by atoms with Gasteiger partial charge in [0.2, 0.25) is 0 Å². The lowest BCUT2D eigenvalue weighted by Crippen LogP contribution is -2.43. The Kier molecular flexibility index (Phi) is 6.52. The molecule has 1 aromatic carbocycles. The summed E-state index contributed by atoms with van der Waals surface area (Å²) in [5.74, 6) is 0.559. The van der Waals surface area contributed by atoms with Crippen LogP contribution in [0.5, 0.6) is 0 Å². The number of fused-ring (bicyclic) bond motifs is 3. The van der Waals surface area contributed by atoms with E-state index in [2.05, 4.69) is 15.2 Å². The van der Waals surface area contributed by atoms with Crippen molar-refractivity contribution < 1.29 is 17.9 Å². The number of aryl methyl sites for hydroxylation is 1. The number of aromatic nitrogens is 3. The van der Waals surface area contributed by atoms with Crippen molar-refractivity contribution in [2.24, 2.45) is 0 Å². The van der Waals surface area contributed by atoms with Crippen molar-refractivity contribution in [3.8, 4) is 11.4 Å². The predicted molar refractivity (Wildman–Crippen MR) is 148 cm³/mol. The first-order valence-electron chi connectivity index (χ1n) is 13.0. The molecule has 1 amide bonds. The predicted octanol–water partition coefficient (Wildman–Crippen LogP) is 3.70. The molecule has 2 bridgehead atoms. The molecular weight excluding hydrogens is 514 g/mol. The van der Waals surface area contributed by atoms with Crippen LogP contribution in [-0.4, -0.2) is 60.8 Å². The van der Waals surface area contributed by atoms with E-state index in [1.807, 2.05) is 36.4 Å². The standard InChI is InChI=1S/C29H29N5O4S/c1-18-6-7-19(12-27(18)39(2,36)37)29(35)31-15-21-13-26-20(14-30-21)8-11-25(32-26)24-4-3-5-28(33-24)34-16-22-9-10-23(17-34)38-22/h3-8,11-14,22-23H,9-10,15-17H2,1-2H3,(H,31,35). The lowest BCUT2D eigenvalue weighted by molar-refractivity contribution is 0.0302. The Morgan fingerprint density at radius 2 is 1.79 bits per heavy atom. The lowest BCUT2D eigenvalue weighted by atomic mass is 10.1. The first-order valence-corrected chi connectivity index (χ1v) is 14.8. The number of morpholine rings is 1. The summed E-state index contributed by atoms with van der Waals surface area (Å²) in [5.41, 5.74) is 3.82. The van der Waals surface area contributed by atoms with Gasteiger partial charge in [0.05, 0.1) is 46.2 Å². The number of ether oxygens (including phenoxy) is 1. The second kappa shape index (κ2) is 10.0. The normalized spacial score (nSPS) is 18.9. The molecule has 2 aliphatic heterocycles. The molecule has 0 aliphatic carbocycles. The number of hydrogen-bond acceptors (Lipinski definition) is 8. The molecule has 9 nitrogen and oxygen atoms in total. The smallest absolute Gasteiger partial charge is 0.251 e. The molecule has 0 spiro atoms. The van der Waals surface area contributed by atoms with Crippen LogP contribution in [-0.2, 0) is 21.1 Å². The summed E-state index contributed by atoms with van der Waals surface area (Å²) in [4.78, 5) is 29.4. The maximum Gasteiger partial charge on any atom is 0.251 e. The molecule has 0 saturated carbocycles. The second-order valence-electron chi connectivity index (χ2n) is 10.2. The van der Waals surface area contributed by atoms with Gasteiger partial charge >= 0.3 is 0 Å². The third-order valence-electron chi connectivity index (χ3n) is 7.27. The first kappa shape index (κ1) is 25.4. The number of nitrogens with one attached hydrogen (secondary N) is 1. The van der Waals surface area contributed by atoms with Crippen LogP contribution >= 0.6 is 0 Å². The fourth-order valence-electron chi connectivity index (χ4n) is 5.25. The number of nitrogens with zero attached hydrogens (tertiary/aromatic N) is 4. The summed E-state index contributed by atoms with van der Waals surface area (Å²) in [7, 11) is -3.43. The highest BCUT2D eigenvalue weighted by Gasteiger charge is 2.34. The molecule has 10 heteroatoms. The highest BCUT2D eigenvalue weighted by atomic mass is 32.2. The van der Waals surface area contributed by atoms with E-state index in [1.54, 1.807) is 25.3 Å². The maximum absolute atomic E-state index is 12.7.